The largest absolute Gasteiger partial charge is 0.340 e. The van der Waals surface area contributed by atoms with E-state index in [0.29, 0.717) is 0 Å². The molecule has 0 fully saturated rings. The van der Waals surface area contributed by atoms with Gasteiger partial charge in [0.15, 0.2) is 0 Å². The second-order valence-electron chi connectivity index (χ2n) is 6.22. The van der Waals surface area contributed by atoms with Gasteiger partial charge in [0.1, 0.15) is 17.3 Å². The van der Waals surface area contributed by atoms with E-state index in [9.17, 15) is 5.26 Å². The molecule has 21 heavy (non-hydrogen) atoms. The molecule has 1 aromatic heterocycles. The average Bonchev–Trinajstić information content (AvgIpc) is 2.50. The van der Waals surface area contributed by atoms with Crippen molar-refractivity contribution in [3.63, 3.8) is 0 Å². The summed E-state index contributed by atoms with van der Waals surface area (Å²) in [6.07, 6.45) is 6.74. The zero-order valence-electron chi connectivity index (χ0n) is 13.6. The van der Waals surface area contributed by atoms with Gasteiger partial charge in [0, 0.05) is 12.8 Å². The summed E-state index contributed by atoms with van der Waals surface area (Å²) in [4.78, 5) is 4.95. The second-order valence-corrected chi connectivity index (χ2v) is 6.22. The molecule has 1 aliphatic rings. The molecule has 2 rings (SSSR count). The Morgan fingerprint density at radius 3 is 2.57 bits per heavy atom. The van der Waals surface area contributed by atoms with Crippen molar-refractivity contribution < 1.29 is 9.88 Å². The molecule has 0 radical (unpaired) electrons. The zero-order valence-corrected chi connectivity index (χ0v) is 13.6. The highest BCUT2D eigenvalue weighted by Crippen LogP contribution is 2.28. The van der Waals surface area contributed by atoms with Crippen LogP contribution >= 0.6 is 0 Å². The van der Waals surface area contributed by atoms with Crippen LogP contribution in [0.15, 0.2) is 0 Å². The van der Waals surface area contributed by atoms with E-state index in [-0.39, 0.29) is 0 Å². The monoisotopic (exact) mass is 288 g/mol. The first-order valence-electron chi connectivity index (χ1n) is 8.20. The van der Waals surface area contributed by atoms with Gasteiger partial charge in [-0.05, 0) is 36.8 Å². The first kappa shape index (κ1) is 15.8. The van der Waals surface area contributed by atoms with Gasteiger partial charge in [-0.3, -0.25) is 5.32 Å². The molecule has 4 nitrogen and oxygen atoms in total. The Morgan fingerprint density at radius 1 is 1.24 bits per heavy atom. The Labute approximate surface area is 128 Å². The minimum absolute atomic E-state index is 0.846. The molecule has 0 bridgehead atoms. The molecule has 0 saturated heterocycles. The number of aromatic amines is 1. The molecular formula is C17H28N4+2. The van der Waals surface area contributed by atoms with E-state index in [4.69, 9.17) is 0 Å². The highest BCUT2D eigenvalue weighted by Gasteiger charge is 2.24. The van der Waals surface area contributed by atoms with Crippen molar-refractivity contribution >= 4 is 5.82 Å². The number of nitrogens with zero attached hydrogens (tertiary/aromatic N) is 1. The standard InChI is InChI=1S/C17H26N4/c1-4-16-14-9-6-5-8-13(14)15(12-18)17(20-16)19-10-7-11-21(2)3/h4-11H2,1-3H3,(H,19,20)/p+2. The van der Waals surface area contributed by atoms with Gasteiger partial charge >= 0.3 is 0 Å². The van der Waals surface area contributed by atoms with Crippen LogP contribution in [-0.4, -0.2) is 27.2 Å². The molecule has 0 amide bonds. The van der Waals surface area contributed by atoms with E-state index in [1.54, 1.807) is 0 Å². The number of rotatable bonds is 6. The molecule has 1 heterocycles. The number of hydrogen-bond donors (Lipinski definition) is 2. The lowest BCUT2D eigenvalue weighted by molar-refractivity contribution is -0.858. The van der Waals surface area contributed by atoms with Crippen LogP contribution in [0.4, 0.5) is 5.82 Å². The number of hydrogen-bond acceptors (Lipinski definition) is 2. The number of quaternary nitrogens is 1. The van der Waals surface area contributed by atoms with Crippen LogP contribution in [0.2, 0.25) is 0 Å². The van der Waals surface area contributed by atoms with Crippen LogP contribution in [0.3, 0.4) is 0 Å². The van der Waals surface area contributed by atoms with Crippen LogP contribution in [0.25, 0.3) is 0 Å². The quantitative estimate of drug-likeness (QED) is 0.759. The van der Waals surface area contributed by atoms with Crippen LogP contribution in [0.1, 0.15) is 48.6 Å². The SMILES string of the molecule is CCc1[nH+]c(NCCC[NH+](C)C)c(C#N)c2c1CCCC2. The van der Waals surface area contributed by atoms with E-state index >= 15 is 0 Å². The Kier molecular flexibility index (Phi) is 5.58. The van der Waals surface area contributed by atoms with Crippen LogP contribution in [-0.2, 0) is 19.3 Å². The maximum Gasteiger partial charge on any atom is 0.290 e. The molecular weight excluding hydrogens is 260 g/mol. The topological polar surface area (TPSA) is 54.4 Å². The number of aryl methyl sites for hydroxylation is 1. The summed E-state index contributed by atoms with van der Waals surface area (Å²) in [5.41, 5.74) is 4.85. The van der Waals surface area contributed by atoms with E-state index in [1.807, 2.05) is 0 Å². The number of nitriles is 1. The van der Waals surface area contributed by atoms with E-state index < -0.39 is 0 Å². The normalized spacial score (nSPS) is 13.9. The zero-order chi connectivity index (χ0) is 15.2. The number of anilines is 1. The first-order chi connectivity index (χ1) is 10.2. The summed E-state index contributed by atoms with van der Waals surface area (Å²) in [7, 11) is 4.34. The van der Waals surface area contributed by atoms with Gasteiger partial charge in [-0.15, -0.1) is 0 Å². The van der Waals surface area contributed by atoms with Crippen LogP contribution in [0, 0.1) is 11.3 Å². The number of fused-ring (bicyclic) bond motifs is 1. The van der Waals surface area contributed by atoms with Crippen molar-refractivity contribution in [3.8, 4) is 6.07 Å². The number of aromatic nitrogens is 1. The Hall–Kier alpha value is -1.60. The summed E-state index contributed by atoms with van der Waals surface area (Å²) in [6, 6.07) is 2.43. The fourth-order valence-electron chi connectivity index (χ4n) is 3.17. The van der Waals surface area contributed by atoms with Gasteiger partial charge in [0.05, 0.1) is 27.2 Å². The van der Waals surface area contributed by atoms with Crippen molar-refractivity contribution in [2.45, 2.75) is 45.4 Å². The Bertz CT molecular complexity index is 529. The third-order valence-electron chi connectivity index (χ3n) is 4.28. The Morgan fingerprint density at radius 2 is 1.95 bits per heavy atom. The molecule has 4 heteroatoms. The summed E-state index contributed by atoms with van der Waals surface area (Å²) in [6.45, 7) is 4.24. The lowest BCUT2D eigenvalue weighted by Gasteiger charge is -2.19. The van der Waals surface area contributed by atoms with Crippen molar-refractivity contribution in [1.82, 2.24) is 0 Å². The first-order valence-corrected chi connectivity index (χ1v) is 8.20. The van der Waals surface area contributed by atoms with E-state index in [1.165, 1.54) is 34.6 Å². The molecule has 1 aromatic rings. The fourth-order valence-corrected chi connectivity index (χ4v) is 3.17. The van der Waals surface area contributed by atoms with Gasteiger partial charge in [-0.25, -0.2) is 4.98 Å². The van der Waals surface area contributed by atoms with Crippen molar-refractivity contribution in [2.75, 3.05) is 32.5 Å². The molecule has 0 saturated carbocycles. The van der Waals surface area contributed by atoms with Crippen molar-refractivity contribution in [2.24, 2.45) is 0 Å². The van der Waals surface area contributed by atoms with E-state index in [2.05, 4.69) is 37.4 Å². The average molecular weight is 288 g/mol. The molecule has 0 aliphatic heterocycles. The van der Waals surface area contributed by atoms with Gasteiger partial charge < -0.3 is 4.90 Å². The van der Waals surface area contributed by atoms with Crippen molar-refractivity contribution in [1.29, 1.82) is 5.26 Å². The van der Waals surface area contributed by atoms with Crippen molar-refractivity contribution in [3.05, 3.63) is 22.4 Å². The fraction of sp³-hybridized carbons (Fsp3) is 0.647. The number of H-pyrrole nitrogens is 1. The van der Waals surface area contributed by atoms with Crippen LogP contribution < -0.4 is 15.2 Å². The molecule has 0 aromatic carbocycles. The van der Waals surface area contributed by atoms with Crippen LogP contribution in [0.5, 0.6) is 0 Å². The summed E-state index contributed by atoms with van der Waals surface area (Å²) in [5, 5.41) is 13.0. The molecule has 3 N–H and O–H groups in total. The molecule has 0 atom stereocenters. The molecule has 0 spiro atoms. The molecule has 0 unspecified atom stereocenters. The minimum atomic E-state index is 0.846. The summed E-state index contributed by atoms with van der Waals surface area (Å²) < 4.78 is 0. The van der Waals surface area contributed by atoms with Gasteiger partial charge in [0.2, 0.25) is 0 Å². The lowest BCUT2D eigenvalue weighted by Crippen LogP contribution is -3.05. The third kappa shape index (κ3) is 3.74. The minimum Gasteiger partial charge on any atom is -0.340 e. The highest BCUT2D eigenvalue weighted by molar-refractivity contribution is 5.56. The maximum atomic E-state index is 9.57. The third-order valence-corrected chi connectivity index (χ3v) is 4.28. The summed E-state index contributed by atoms with van der Waals surface area (Å²) >= 11 is 0. The number of pyridine rings is 1. The second kappa shape index (κ2) is 7.42. The molecule has 1 aliphatic carbocycles. The summed E-state index contributed by atoms with van der Waals surface area (Å²) in [5.74, 6) is 0.934. The number of nitrogens with one attached hydrogen (secondary N) is 3. The predicted octanol–water partition coefficient (Wildman–Crippen LogP) is 0.760. The Balaban J connectivity index is 2.22. The van der Waals surface area contributed by atoms with Gasteiger partial charge in [0.25, 0.3) is 5.82 Å². The maximum absolute atomic E-state index is 9.57. The van der Waals surface area contributed by atoms with Gasteiger partial charge in [-0.2, -0.15) is 5.26 Å². The predicted molar refractivity (Wildman–Crippen MR) is 84.5 cm³/mol. The lowest BCUT2D eigenvalue weighted by atomic mass is 9.87. The van der Waals surface area contributed by atoms with Gasteiger partial charge in [-0.1, -0.05) is 6.92 Å². The molecule has 114 valence electrons. The highest BCUT2D eigenvalue weighted by atomic mass is 15.1. The van der Waals surface area contributed by atoms with E-state index in [0.717, 1.165) is 50.2 Å². The smallest absolute Gasteiger partial charge is 0.290 e.